The van der Waals surface area contributed by atoms with E-state index in [1.807, 2.05) is 19.1 Å². The molecule has 9 heteroatoms. The number of nitrogens with zero attached hydrogens (tertiary/aromatic N) is 3. The summed E-state index contributed by atoms with van der Waals surface area (Å²) in [5.74, 6) is 0.348. The highest BCUT2D eigenvalue weighted by molar-refractivity contribution is 7.90. The Morgan fingerprint density at radius 3 is 2.80 bits per heavy atom. The molecule has 0 bridgehead atoms. The normalized spacial score (nSPS) is 12.2. The van der Waals surface area contributed by atoms with E-state index >= 15 is 0 Å². The minimum Gasteiger partial charge on any atom is -0.497 e. The summed E-state index contributed by atoms with van der Waals surface area (Å²) >= 11 is 0. The molecule has 0 atom stereocenters. The van der Waals surface area contributed by atoms with E-state index in [-0.39, 0.29) is 18.2 Å². The van der Waals surface area contributed by atoms with Crippen LogP contribution in [-0.4, -0.2) is 55.2 Å². The van der Waals surface area contributed by atoms with Gasteiger partial charge in [-0.25, -0.2) is 13.4 Å². The fourth-order valence-corrected chi connectivity index (χ4v) is 3.77. The molecule has 3 aromatic rings. The number of fused-ring (bicyclic) bond motifs is 1. The topological polar surface area (TPSA) is 105 Å². The third-order valence-corrected chi connectivity index (χ3v) is 5.62. The first-order valence-corrected chi connectivity index (χ1v) is 11.5. The van der Waals surface area contributed by atoms with E-state index in [0.29, 0.717) is 34.8 Å². The van der Waals surface area contributed by atoms with E-state index < -0.39 is 9.84 Å². The number of rotatable bonds is 8. The molecule has 0 spiro atoms. The average Bonchev–Trinajstić information content (AvgIpc) is 3.14. The second kappa shape index (κ2) is 9.08. The third kappa shape index (κ3) is 5.24. The van der Waals surface area contributed by atoms with Gasteiger partial charge in [-0.1, -0.05) is 6.07 Å². The number of sulfone groups is 1. The lowest BCUT2D eigenvalue weighted by Gasteiger charge is -2.22. The Labute approximate surface area is 175 Å². The van der Waals surface area contributed by atoms with Crippen LogP contribution in [0.5, 0.6) is 5.75 Å². The van der Waals surface area contributed by atoms with Crippen LogP contribution in [0.15, 0.2) is 48.7 Å². The Morgan fingerprint density at radius 1 is 1.27 bits per heavy atom. The van der Waals surface area contributed by atoms with Crippen LogP contribution in [0.4, 0.5) is 5.69 Å². The van der Waals surface area contributed by atoms with Crippen molar-refractivity contribution in [2.45, 2.75) is 13.3 Å². The summed E-state index contributed by atoms with van der Waals surface area (Å²) in [6.45, 7) is 2.08. The van der Waals surface area contributed by atoms with Crippen LogP contribution in [0, 0.1) is 0 Å². The number of allylic oxidation sites excluding steroid dienone is 1. The van der Waals surface area contributed by atoms with Crippen LogP contribution in [-0.2, 0) is 14.6 Å². The molecule has 3 rings (SSSR count). The van der Waals surface area contributed by atoms with Gasteiger partial charge in [-0.05, 0) is 43.2 Å². The largest absolute Gasteiger partial charge is 0.497 e. The number of H-pyrrole nitrogens is 1. The Hall–Kier alpha value is -3.20. The molecule has 30 heavy (non-hydrogen) atoms. The first-order chi connectivity index (χ1) is 14.3. The number of hydrogen-bond donors (Lipinski definition) is 1. The lowest BCUT2D eigenvalue weighted by molar-refractivity contribution is -0.114. The van der Waals surface area contributed by atoms with Crippen molar-refractivity contribution in [2.24, 2.45) is 0 Å². The Bertz CT molecular complexity index is 1180. The van der Waals surface area contributed by atoms with Gasteiger partial charge < -0.3 is 9.64 Å². The number of benzene rings is 1. The monoisotopic (exact) mass is 428 g/mol. The van der Waals surface area contributed by atoms with Gasteiger partial charge in [0.2, 0.25) is 0 Å². The van der Waals surface area contributed by atoms with Crippen molar-refractivity contribution >= 4 is 38.0 Å². The smallest absolute Gasteiger partial charge is 0.251 e. The van der Waals surface area contributed by atoms with Gasteiger partial charge in [0, 0.05) is 42.2 Å². The zero-order valence-electron chi connectivity index (χ0n) is 17.1. The molecule has 1 aromatic carbocycles. The Morgan fingerprint density at radius 2 is 2.07 bits per heavy atom. The molecule has 0 aliphatic carbocycles. The quantitative estimate of drug-likeness (QED) is 0.553. The number of aromatic nitrogens is 3. The van der Waals surface area contributed by atoms with Crippen molar-refractivity contribution in [3.63, 3.8) is 0 Å². The van der Waals surface area contributed by atoms with Crippen molar-refractivity contribution in [3.8, 4) is 5.75 Å². The van der Waals surface area contributed by atoms with E-state index in [2.05, 4.69) is 15.2 Å². The average molecular weight is 429 g/mol. The second-order valence-corrected chi connectivity index (χ2v) is 9.24. The van der Waals surface area contributed by atoms with Crippen molar-refractivity contribution in [1.29, 1.82) is 0 Å². The van der Waals surface area contributed by atoms with E-state index in [9.17, 15) is 13.2 Å². The molecule has 0 saturated carbocycles. The number of anilines is 1. The zero-order valence-corrected chi connectivity index (χ0v) is 17.9. The van der Waals surface area contributed by atoms with Crippen molar-refractivity contribution in [3.05, 3.63) is 54.4 Å². The van der Waals surface area contributed by atoms with Gasteiger partial charge in [-0.15, -0.1) is 0 Å². The summed E-state index contributed by atoms with van der Waals surface area (Å²) in [7, 11) is -1.57. The molecule has 0 saturated heterocycles. The molecule has 1 N–H and O–H groups in total. The van der Waals surface area contributed by atoms with Gasteiger partial charge in [0.25, 0.3) is 5.91 Å². The molecule has 2 aromatic heterocycles. The van der Waals surface area contributed by atoms with E-state index in [4.69, 9.17) is 4.74 Å². The van der Waals surface area contributed by atoms with E-state index in [1.165, 1.54) is 12.3 Å². The second-order valence-electron chi connectivity index (χ2n) is 6.98. The fourth-order valence-electron chi connectivity index (χ4n) is 3.12. The molecule has 0 aliphatic heterocycles. The fraction of sp³-hybridized carbons (Fsp3) is 0.286. The number of ether oxygens (including phenoxy) is 1. The maximum Gasteiger partial charge on any atom is 0.251 e. The number of nitrogens with one attached hydrogen (secondary N) is 1. The van der Waals surface area contributed by atoms with Crippen molar-refractivity contribution in [2.75, 3.05) is 30.6 Å². The van der Waals surface area contributed by atoms with Crippen molar-refractivity contribution in [1.82, 2.24) is 15.2 Å². The van der Waals surface area contributed by atoms with Crippen LogP contribution < -0.4 is 9.64 Å². The third-order valence-electron chi connectivity index (χ3n) is 4.59. The highest BCUT2D eigenvalue weighted by Crippen LogP contribution is 2.24. The summed E-state index contributed by atoms with van der Waals surface area (Å²) < 4.78 is 28.3. The number of carbonyl (C=O) groups excluding carboxylic acids is 1. The first-order valence-electron chi connectivity index (χ1n) is 9.39. The summed E-state index contributed by atoms with van der Waals surface area (Å²) in [6.07, 6.45) is 4.68. The van der Waals surface area contributed by atoms with Gasteiger partial charge in [0.1, 0.15) is 15.6 Å². The molecular weight excluding hydrogens is 404 g/mol. The molecule has 8 nitrogen and oxygen atoms in total. The SMILES string of the molecule is COc1cccc(N(CCCS(C)(=O)=O)C(=O)/C=C(\C)c2[nH]nc3ncccc23)c1. The van der Waals surface area contributed by atoms with Gasteiger partial charge in [0.05, 0.1) is 18.6 Å². The number of carbonyl (C=O) groups is 1. The highest BCUT2D eigenvalue weighted by atomic mass is 32.2. The number of hydrogen-bond acceptors (Lipinski definition) is 6. The molecule has 0 unspecified atom stereocenters. The lowest BCUT2D eigenvalue weighted by atomic mass is 10.1. The number of aromatic amines is 1. The first kappa shape index (κ1) is 21.5. The molecule has 0 aliphatic rings. The molecule has 0 fully saturated rings. The molecule has 0 radical (unpaired) electrons. The van der Waals surface area contributed by atoms with Gasteiger partial charge in [-0.2, -0.15) is 5.10 Å². The van der Waals surface area contributed by atoms with Crippen LogP contribution in [0.3, 0.4) is 0 Å². The van der Waals surface area contributed by atoms with Crippen LogP contribution in [0.2, 0.25) is 0 Å². The predicted octanol–water partition coefficient (Wildman–Crippen LogP) is 2.84. The Kier molecular flexibility index (Phi) is 6.51. The predicted molar refractivity (Wildman–Crippen MR) is 117 cm³/mol. The number of amides is 1. The maximum absolute atomic E-state index is 13.1. The molecule has 1 amide bonds. The van der Waals surface area contributed by atoms with Gasteiger partial charge >= 0.3 is 0 Å². The minimum atomic E-state index is -3.12. The van der Waals surface area contributed by atoms with Crippen molar-refractivity contribution < 1.29 is 17.9 Å². The number of methoxy groups -OCH3 is 1. The van der Waals surface area contributed by atoms with Gasteiger partial charge in [0.15, 0.2) is 5.65 Å². The van der Waals surface area contributed by atoms with Crippen LogP contribution in [0.1, 0.15) is 19.0 Å². The van der Waals surface area contributed by atoms with Crippen LogP contribution in [0.25, 0.3) is 16.6 Å². The highest BCUT2D eigenvalue weighted by Gasteiger charge is 2.17. The van der Waals surface area contributed by atoms with Crippen LogP contribution >= 0.6 is 0 Å². The molecular formula is C21H24N4O4S. The standard InChI is InChI=1S/C21H24N4O4S/c1-15(20-18-9-5-10-22-21(18)24-23-20)13-19(26)25(11-6-12-30(3,27)28)16-7-4-8-17(14-16)29-2/h4-5,7-10,13-14H,6,11-12H2,1-3H3,(H,22,23,24)/b15-13+. The summed E-state index contributed by atoms with van der Waals surface area (Å²) in [5, 5.41) is 7.92. The molecule has 2 heterocycles. The lowest BCUT2D eigenvalue weighted by Crippen LogP contribution is -2.31. The minimum absolute atomic E-state index is 0.000298. The van der Waals surface area contributed by atoms with Gasteiger partial charge in [-0.3, -0.25) is 9.89 Å². The summed E-state index contributed by atoms with van der Waals surface area (Å²) in [4.78, 5) is 18.9. The summed E-state index contributed by atoms with van der Waals surface area (Å²) in [5.41, 5.74) is 2.62. The van der Waals surface area contributed by atoms with E-state index in [0.717, 1.165) is 5.39 Å². The molecule has 158 valence electrons. The maximum atomic E-state index is 13.1. The van der Waals surface area contributed by atoms with E-state index in [1.54, 1.807) is 42.5 Å². The Balaban J connectivity index is 1.91. The summed E-state index contributed by atoms with van der Waals surface area (Å²) in [6, 6.07) is 10.8. The number of pyridine rings is 1. The zero-order chi connectivity index (χ0) is 21.7.